The van der Waals surface area contributed by atoms with Crippen LogP contribution in [0.15, 0.2) is 79.0 Å². The van der Waals surface area contributed by atoms with Crippen molar-refractivity contribution in [3.8, 4) is 0 Å². The van der Waals surface area contributed by atoms with Gasteiger partial charge in [0.2, 0.25) is 5.91 Å². The third-order valence-corrected chi connectivity index (χ3v) is 3.98. The van der Waals surface area contributed by atoms with Crippen LogP contribution in [0.5, 0.6) is 0 Å². The first kappa shape index (κ1) is 16.8. The van der Waals surface area contributed by atoms with Crippen molar-refractivity contribution in [2.45, 2.75) is 18.9 Å². The highest BCUT2D eigenvalue weighted by molar-refractivity contribution is 5.77. The maximum absolute atomic E-state index is 12.9. The van der Waals surface area contributed by atoms with Gasteiger partial charge in [0.15, 0.2) is 0 Å². The highest BCUT2D eigenvalue weighted by atomic mass is 19.1. The summed E-state index contributed by atoms with van der Waals surface area (Å²) in [5.74, 6) is -0.337. The lowest BCUT2D eigenvalue weighted by molar-refractivity contribution is -0.121. The summed E-state index contributed by atoms with van der Waals surface area (Å²) < 4.78 is 12.9. The molecule has 0 saturated heterocycles. The van der Waals surface area contributed by atoms with Crippen LogP contribution in [-0.4, -0.2) is 10.9 Å². The van der Waals surface area contributed by atoms with E-state index in [1.165, 1.54) is 12.1 Å². The first-order valence-corrected chi connectivity index (χ1v) is 8.22. The van der Waals surface area contributed by atoms with Gasteiger partial charge in [-0.3, -0.25) is 9.78 Å². The maximum Gasteiger partial charge on any atom is 0.221 e. The van der Waals surface area contributed by atoms with Gasteiger partial charge in [-0.1, -0.05) is 48.5 Å². The van der Waals surface area contributed by atoms with E-state index in [0.29, 0.717) is 12.8 Å². The van der Waals surface area contributed by atoms with Gasteiger partial charge in [-0.25, -0.2) is 4.39 Å². The second kappa shape index (κ2) is 8.20. The fourth-order valence-electron chi connectivity index (χ4n) is 2.66. The molecule has 0 fully saturated rings. The van der Waals surface area contributed by atoms with Crippen molar-refractivity contribution in [3.63, 3.8) is 0 Å². The van der Waals surface area contributed by atoms with Gasteiger partial charge in [0.25, 0.3) is 0 Å². The second-order valence-corrected chi connectivity index (χ2v) is 5.79. The molecule has 1 atom stereocenters. The molecule has 2 aromatic carbocycles. The zero-order valence-corrected chi connectivity index (χ0v) is 13.7. The van der Waals surface area contributed by atoms with E-state index < -0.39 is 0 Å². The number of rotatable bonds is 6. The highest BCUT2D eigenvalue weighted by Gasteiger charge is 2.17. The molecule has 0 aliphatic rings. The van der Waals surface area contributed by atoms with Crippen LogP contribution in [0.25, 0.3) is 0 Å². The molecule has 1 amide bonds. The quantitative estimate of drug-likeness (QED) is 0.739. The molecule has 1 N–H and O–H groups in total. The van der Waals surface area contributed by atoms with Crippen LogP contribution in [0.4, 0.5) is 4.39 Å². The third kappa shape index (κ3) is 4.73. The number of carbonyl (C=O) groups is 1. The average molecular weight is 334 g/mol. The second-order valence-electron chi connectivity index (χ2n) is 5.79. The Bertz CT molecular complexity index is 765. The fraction of sp³-hybridized carbons (Fsp3) is 0.143. The Morgan fingerprint density at radius 1 is 0.960 bits per heavy atom. The fourth-order valence-corrected chi connectivity index (χ4v) is 2.66. The van der Waals surface area contributed by atoms with Gasteiger partial charge in [-0.2, -0.15) is 0 Å². The van der Waals surface area contributed by atoms with E-state index >= 15 is 0 Å². The van der Waals surface area contributed by atoms with Gasteiger partial charge in [0, 0.05) is 12.6 Å². The Balaban J connectivity index is 1.69. The minimum Gasteiger partial charge on any atom is -0.344 e. The minimum atomic E-state index is -0.289. The monoisotopic (exact) mass is 334 g/mol. The molecule has 126 valence electrons. The van der Waals surface area contributed by atoms with E-state index in [0.717, 1.165) is 16.8 Å². The number of aryl methyl sites for hydroxylation is 1. The normalized spacial score (nSPS) is 11.7. The summed E-state index contributed by atoms with van der Waals surface area (Å²) in [6, 6.07) is 21.4. The van der Waals surface area contributed by atoms with Crippen molar-refractivity contribution in [1.29, 1.82) is 0 Å². The Morgan fingerprint density at radius 2 is 1.68 bits per heavy atom. The molecule has 1 aromatic heterocycles. The Morgan fingerprint density at radius 3 is 2.36 bits per heavy atom. The standard InChI is InChI=1S/C21H19FN2O/c22-18-12-9-16(10-13-18)11-14-20(25)24-21(17-6-2-1-3-7-17)19-8-4-5-15-23-19/h1-10,12-13,15,21H,11,14H2,(H,24,25). The molecule has 3 nitrogen and oxygen atoms in total. The molecule has 0 aliphatic heterocycles. The van der Waals surface area contributed by atoms with E-state index in [-0.39, 0.29) is 17.8 Å². The molecular weight excluding hydrogens is 315 g/mol. The molecule has 3 aromatic rings. The van der Waals surface area contributed by atoms with Crippen LogP contribution in [0.2, 0.25) is 0 Å². The lowest BCUT2D eigenvalue weighted by Crippen LogP contribution is -2.30. The van der Waals surface area contributed by atoms with E-state index in [1.807, 2.05) is 48.5 Å². The first-order chi connectivity index (χ1) is 12.2. The lowest BCUT2D eigenvalue weighted by atomic mass is 10.0. The molecule has 25 heavy (non-hydrogen) atoms. The largest absolute Gasteiger partial charge is 0.344 e. The third-order valence-electron chi connectivity index (χ3n) is 3.98. The van der Waals surface area contributed by atoms with Crippen LogP contribution >= 0.6 is 0 Å². The maximum atomic E-state index is 12.9. The van der Waals surface area contributed by atoms with Gasteiger partial charge >= 0.3 is 0 Å². The number of hydrogen-bond acceptors (Lipinski definition) is 2. The first-order valence-electron chi connectivity index (χ1n) is 8.22. The minimum absolute atomic E-state index is 0.0659. The Kier molecular flexibility index (Phi) is 5.52. The van der Waals surface area contributed by atoms with Crippen molar-refractivity contribution >= 4 is 5.91 Å². The van der Waals surface area contributed by atoms with Crippen LogP contribution in [0.1, 0.15) is 29.3 Å². The highest BCUT2D eigenvalue weighted by Crippen LogP contribution is 2.20. The zero-order valence-electron chi connectivity index (χ0n) is 13.7. The van der Waals surface area contributed by atoms with E-state index in [4.69, 9.17) is 0 Å². The molecule has 1 unspecified atom stereocenters. The van der Waals surface area contributed by atoms with E-state index in [9.17, 15) is 9.18 Å². The lowest BCUT2D eigenvalue weighted by Gasteiger charge is -2.19. The SMILES string of the molecule is O=C(CCc1ccc(F)cc1)NC(c1ccccc1)c1ccccn1. The summed E-state index contributed by atoms with van der Waals surface area (Å²) in [6.07, 6.45) is 2.62. The van der Waals surface area contributed by atoms with E-state index in [1.54, 1.807) is 18.3 Å². The number of aromatic nitrogens is 1. The summed E-state index contributed by atoms with van der Waals surface area (Å²) in [6.45, 7) is 0. The Labute approximate surface area is 146 Å². The van der Waals surface area contributed by atoms with Gasteiger partial charge < -0.3 is 5.32 Å². The van der Waals surface area contributed by atoms with Crippen molar-refractivity contribution in [3.05, 3.63) is 102 Å². The van der Waals surface area contributed by atoms with Crippen molar-refractivity contribution in [2.75, 3.05) is 0 Å². The number of carbonyl (C=O) groups excluding carboxylic acids is 1. The molecule has 0 radical (unpaired) electrons. The van der Waals surface area contributed by atoms with Gasteiger partial charge in [0.1, 0.15) is 5.82 Å². The van der Waals surface area contributed by atoms with Crippen LogP contribution < -0.4 is 5.32 Å². The topological polar surface area (TPSA) is 42.0 Å². The molecule has 1 heterocycles. The molecule has 0 spiro atoms. The average Bonchev–Trinajstić information content (AvgIpc) is 2.67. The van der Waals surface area contributed by atoms with Crippen LogP contribution in [0, 0.1) is 5.82 Å². The number of amides is 1. The molecule has 3 rings (SSSR count). The summed E-state index contributed by atoms with van der Waals surface area (Å²) >= 11 is 0. The van der Waals surface area contributed by atoms with Gasteiger partial charge in [0.05, 0.1) is 11.7 Å². The van der Waals surface area contributed by atoms with Crippen LogP contribution in [-0.2, 0) is 11.2 Å². The van der Waals surface area contributed by atoms with Crippen molar-refractivity contribution in [1.82, 2.24) is 10.3 Å². The number of halogens is 1. The summed E-state index contributed by atoms with van der Waals surface area (Å²) in [5.41, 5.74) is 2.71. The molecule has 0 saturated carbocycles. The zero-order chi connectivity index (χ0) is 17.5. The number of benzene rings is 2. The Hall–Kier alpha value is -3.01. The number of nitrogens with zero attached hydrogens (tertiary/aromatic N) is 1. The summed E-state index contributed by atoms with van der Waals surface area (Å²) in [4.78, 5) is 16.8. The predicted molar refractivity (Wildman–Crippen MR) is 95.4 cm³/mol. The number of nitrogens with one attached hydrogen (secondary N) is 1. The van der Waals surface area contributed by atoms with Gasteiger partial charge in [-0.05, 0) is 41.8 Å². The molecular formula is C21H19FN2O. The van der Waals surface area contributed by atoms with Crippen molar-refractivity contribution in [2.24, 2.45) is 0 Å². The van der Waals surface area contributed by atoms with Gasteiger partial charge in [-0.15, -0.1) is 0 Å². The van der Waals surface area contributed by atoms with Crippen molar-refractivity contribution < 1.29 is 9.18 Å². The number of pyridine rings is 1. The summed E-state index contributed by atoms with van der Waals surface area (Å²) in [7, 11) is 0. The number of hydrogen-bond donors (Lipinski definition) is 1. The smallest absolute Gasteiger partial charge is 0.221 e. The molecule has 0 aliphatic carbocycles. The van der Waals surface area contributed by atoms with Crippen LogP contribution in [0.3, 0.4) is 0 Å². The van der Waals surface area contributed by atoms with E-state index in [2.05, 4.69) is 10.3 Å². The molecule has 0 bridgehead atoms. The molecule has 4 heteroatoms. The summed E-state index contributed by atoms with van der Waals surface area (Å²) in [5, 5.41) is 3.06. The predicted octanol–water partition coefficient (Wildman–Crippen LogP) is 4.06.